The van der Waals surface area contributed by atoms with Gasteiger partial charge in [-0.15, -0.1) is 0 Å². The average molecular weight is 509 g/mol. The summed E-state index contributed by atoms with van der Waals surface area (Å²) in [5.74, 6) is 6.72. The zero-order chi connectivity index (χ0) is 26.0. The van der Waals surface area contributed by atoms with Gasteiger partial charge in [-0.2, -0.15) is 0 Å². The largest absolute Gasteiger partial charge is 0.0851 e. The van der Waals surface area contributed by atoms with E-state index in [4.69, 9.17) is 0 Å². The van der Waals surface area contributed by atoms with Crippen molar-refractivity contribution < 1.29 is 0 Å². The lowest BCUT2D eigenvalue weighted by atomic mass is 9.72. The Bertz CT molecular complexity index is 1430. The van der Waals surface area contributed by atoms with E-state index in [2.05, 4.69) is 122 Å². The topological polar surface area (TPSA) is 0 Å². The van der Waals surface area contributed by atoms with Gasteiger partial charge in [0.25, 0.3) is 0 Å². The van der Waals surface area contributed by atoms with Gasteiger partial charge >= 0.3 is 0 Å². The summed E-state index contributed by atoms with van der Waals surface area (Å²) >= 11 is 0. The van der Waals surface area contributed by atoms with Gasteiger partial charge in [0.2, 0.25) is 0 Å². The van der Waals surface area contributed by atoms with Crippen molar-refractivity contribution in [1.82, 2.24) is 0 Å². The van der Waals surface area contributed by atoms with E-state index >= 15 is 0 Å². The third kappa shape index (κ3) is 3.86. The van der Waals surface area contributed by atoms with Crippen molar-refractivity contribution in [3.05, 3.63) is 143 Å². The van der Waals surface area contributed by atoms with Crippen LogP contribution in [0.4, 0.5) is 0 Å². The lowest BCUT2D eigenvalue weighted by molar-refractivity contribution is 0.396. The van der Waals surface area contributed by atoms with Crippen LogP contribution in [0.25, 0.3) is 0 Å². The molecule has 0 nitrogen and oxygen atoms in total. The van der Waals surface area contributed by atoms with Gasteiger partial charge in [-0.3, -0.25) is 0 Å². The summed E-state index contributed by atoms with van der Waals surface area (Å²) in [7, 11) is 0. The van der Waals surface area contributed by atoms with Gasteiger partial charge < -0.3 is 0 Å². The van der Waals surface area contributed by atoms with Crippen molar-refractivity contribution in [2.75, 3.05) is 0 Å². The van der Waals surface area contributed by atoms with Crippen LogP contribution < -0.4 is 0 Å². The van der Waals surface area contributed by atoms with Gasteiger partial charge in [0, 0.05) is 11.8 Å². The van der Waals surface area contributed by atoms with Gasteiger partial charge in [0.05, 0.1) is 0 Å². The quantitative estimate of drug-likeness (QED) is 0.287. The second-order valence-electron chi connectivity index (χ2n) is 13.5. The van der Waals surface area contributed by atoms with Crippen LogP contribution in [0.15, 0.2) is 115 Å². The van der Waals surface area contributed by atoms with Crippen LogP contribution >= 0.6 is 0 Å². The van der Waals surface area contributed by atoms with Crippen LogP contribution in [-0.4, -0.2) is 0 Å². The predicted molar refractivity (Wildman–Crippen MR) is 162 cm³/mol. The van der Waals surface area contributed by atoms with Gasteiger partial charge in [0.1, 0.15) is 0 Å². The maximum absolute atomic E-state index is 2.47. The van der Waals surface area contributed by atoms with E-state index < -0.39 is 0 Å². The Morgan fingerprint density at radius 3 is 1.95 bits per heavy atom. The summed E-state index contributed by atoms with van der Waals surface area (Å²) in [6.45, 7) is 2.43. The molecule has 196 valence electrons. The molecule has 9 atom stereocenters. The summed E-state index contributed by atoms with van der Waals surface area (Å²) in [6.07, 6.45) is 21.3. The van der Waals surface area contributed by atoms with Crippen molar-refractivity contribution in [3.8, 4) is 0 Å². The molecule has 10 rings (SSSR count). The van der Waals surface area contributed by atoms with Crippen LogP contribution in [0.3, 0.4) is 0 Å². The smallest absolute Gasteiger partial charge is 0.00299 e. The molecule has 0 amide bonds. The van der Waals surface area contributed by atoms with Crippen LogP contribution in [0, 0.1) is 29.6 Å². The summed E-state index contributed by atoms with van der Waals surface area (Å²) in [5.41, 5.74) is 8.37. The number of rotatable bonds is 1. The molecule has 2 saturated carbocycles. The Kier molecular flexibility index (Phi) is 5.62. The van der Waals surface area contributed by atoms with E-state index in [0.29, 0.717) is 5.41 Å². The van der Waals surface area contributed by atoms with Crippen LogP contribution in [0.1, 0.15) is 78.2 Å². The molecular formula is C39H40. The van der Waals surface area contributed by atoms with Crippen LogP contribution in [-0.2, 0) is 11.8 Å². The number of benzene rings is 3. The maximum atomic E-state index is 2.47. The Hall–Kier alpha value is -3.12. The highest BCUT2D eigenvalue weighted by Gasteiger charge is 2.49. The fourth-order valence-electron chi connectivity index (χ4n) is 9.56. The second kappa shape index (κ2) is 9.22. The molecule has 7 aliphatic carbocycles. The standard InChI is InChI=1S/C14H14.C14H16.C11H10/c1-2-4-12-9(3-1)8-13-10-5-6-11(7-10)14(12)13;1-14(12-5-3-2-4-6-12)10-11-7-8-13(14)9-11;1-2-4-11-9-6-5-8(7-9)10(11)3-1/h1-6,10-11,13-14H,7-8H2;2-8,11,13H,9-10H2,1H3;1-6,8-9H,7H2. The molecule has 6 bridgehead atoms. The third-order valence-electron chi connectivity index (χ3n) is 11.5. The van der Waals surface area contributed by atoms with Gasteiger partial charge in [-0.25, -0.2) is 0 Å². The normalized spacial score (nSPS) is 37.7. The first-order valence-electron chi connectivity index (χ1n) is 15.4. The summed E-state index contributed by atoms with van der Waals surface area (Å²) in [6, 6.07) is 28.9. The molecule has 0 radical (unpaired) electrons. The SMILES string of the molecule is C1=CC2CC1C1Cc3ccccc3C21.C1=CC2CC1c1ccccc12.CC1(c2ccccc2)CC2C=CC1C2. The second-order valence-corrected chi connectivity index (χ2v) is 13.5. The van der Waals surface area contributed by atoms with E-state index in [1.165, 1.54) is 37.7 Å². The molecule has 0 aromatic heterocycles. The summed E-state index contributed by atoms with van der Waals surface area (Å²) in [5, 5.41) is 0. The molecular weight excluding hydrogens is 468 g/mol. The van der Waals surface area contributed by atoms with Crippen LogP contribution in [0.2, 0.25) is 0 Å². The zero-order valence-corrected chi connectivity index (χ0v) is 23.1. The summed E-state index contributed by atoms with van der Waals surface area (Å²) < 4.78 is 0. The molecule has 3 aromatic carbocycles. The predicted octanol–water partition coefficient (Wildman–Crippen LogP) is 9.52. The molecule has 2 fully saturated rings. The lowest BCUT2D eigenvalue weighted by Crippen LogP contribution is -2.26. The first-order valence-corrected chi connectivity index (χ1v) is 15.4. The van der Waals surface area contributed by atoms with E-state index in [1.54, 1.807) is 22.3 Å². The van der Waals surface area contributed by atoms with Gasteiger partial charge in [-0.1, -0.05) is 122 Å². The van der Waals surface area contributed by atoms with Gasteiger partial charge in [0.15, 0.2) is 0 Å². The van der Waals surface area contributed by atoms with Crippen molar-refractivity contribution in [1.29, 1.82) is 0 Å². The van der Waals surface area contributed by atoms with Crippen molar-refractivity contribution in [2.45, 2.75) is 62.2 Å². The number of allylic oxidation sites excluding steroid dienone is 6. The Labute approximate surface area is 234 Å². The average Bonchev–Trinajstić information content (AvgIpc) is 3.84. The molecule has 3 aromatic rings. The molecule has 7 aliphatic rings. The fourth-order valence-corrected chi connectivity index (χ4v) is 9.56. The van der Waals surface area contributed by atoms with Crippen molar-refractivity contribution in [3.63, 3.8) is 0 Å². The van der Waals surface area contributed by atoms with E-state index in [9.17, 15) is 0 Å². The highest BCUT2D eigenvalue weighted by atomic mass is 14.5. The molecule has 0 saturated heterocycles. The molecule has 0 spiro atoms. The zero-order valence-electron chi connectivity index (χ0n) is 23.1. The fraction of sp³-hybridized carbons (Fsp3) is 0.385. The summed E-state index contributed by atoms with van der Waals surface area (Å²) in [4.78, 5) is 0. The Morgan fingerprint density at radius 1 is 0.590 bits per heavy atom. The molecule has 0 N–H and O–H groups in total. The first kappa shape index (κ1) is 23.7. The molecule has 0 heterocycles. The Morgan fingerprint density at radius 2 is 1.26 bits per heavy atom. The highest BCUT2D eigenvalue weighted by molar-refractivity contribution is 5.47. The molecule has 0 heteroatoms. The maximum Gasteiger partial charge on any atom is 0.00299 e. The molecule has 0 aliphatic heterocycles. The van der Waals surface area contributed by atoms with Crippen molar-refractivity contribution >= 4 is 0 Å². The first-order chi connectivity index (χ1) is 19.2. The van der Waals surface area contributed by atoms with Gasteiger partial charge in [-0.05, 0) is 101 Å². The minimum Gasteiger partial charge on any atom is -0.0851 e. The van der Waals surface area contributed by atoms with Crippen LogP contribution in [0.5, 0.6) is 0 Å². The molecule has 9 unspecified atom stereocenters. The molecule has 39 heavy (non-hydrogen) atoms. The van der Waals surface area contributed by atoms with E-state index in [1.807, 2.05) is 0 Å². The number of fused-ring (bicyclic) bond motifs is 14. The highest BCUT2D eigenvalue weighted by Crippen LogP contribution is 2.58. The number of hydrogen-bond donors (Lipinski definition) is 0. The lowest BCUT2D eigenvalue weighted by Gasteiger charge is -2.32. The minimum atomic E-state index is 0.417. The number of hydrogen-bond acceptors (Lipinski definition) is 0. The monoisotopic (exact) mass is 508 g/mol. The van der Waals surface area contributed by atoms with Crippen molar-refractivity contribution in [2.24, 2.45) is 29.6 Å². The third-order valence-corrected chi connectivity index (χ3v) is 11.5. The van der Waals surface area contributed by atoms with E-state index in [-0.39, 0.29) is 0 Å². The Balaban J connectivity index is 0.0000000912. The van der Waals surface area contributed by atoms with E-state index in [0.717, 1.165) is 47.3 Å². The minimum absolute atomic E-state index is 0.417.